The molecule has 0 saturated carbocycles. The van der Waals surface area contributed by atoms with Crippen LogP contribution in [0, 0.1) is 6.92 Å². The van der Waals surface area contributed by atoms with E-state index in [1.807, 2.05) is 37.7 Å². The fraction of sp³-hybridized carbons (Fsp3) is 0.700. The molecule has 1 aromatic rings. The quantitative estimate of drug-likeness (QED) is 0.725. The van der Waals surface area contributed by atoms with Crippen molar-refractivity contribution >= 4 is 0 Å². The molecular weight excluding hydrogens is 178 g/mol. The Morgan fingerprint density at radius 3 is 2.64 bits per heavy atom. The Morgan fingerprint density at radius 1 is 1.43 bits per heavy atom. The van der Waals surface area contributed by atoms with Crippen molar-refractivity contribution in [1.82, 2.24) is 9.78 Å². The summed E-state index contributed by atoms with van der Waals surface area (Å²) < 4.78 is 7.08. The molecular formula is C10H21N3O. The molecule has 0 aromatic carbocycles. The zero-order chi connectivity index (χ0) is 10.8. The lowest BCUT2D eigenvalue weighted by Crippen LogP contribution is -2.12. The van der Waals surface area contributed by atoms with Crippen molar-refractivity contribution in [1.29, 1.82) is 0 Å². The topological polar surface area (TPSA) is 53.1 Å². The average molecular weight is 199 g/mol. The van der Waals surface area contributed by atoms with Gasteiger partial charge in [0, 0.05) is 12.7 Å². The maximum Gasteiger partial charge on any atom is 0.0663 e. The summed E-state index contributed by atoms with van der Waals surface area (Å²) in [6, 6.07) is 1.98. The normalized spacial score (nSPS) is 9.43. The van der Waals surface area contributed by atoms with Crippen LogP contribution in [0.5, 0.6) is 0 Å². The van der Waals surface area contributed by atoms with E-state index in [9.17, 15) is 0 Å². The smallest absolute Gasteiger partial charge is 0.0663 e. The molecule has 1 rings (SSSR count). The predicted octanol–water partition coefficient (Wildman–Crippen LogP) is 1.19. The highest BCUT2D eigenvalue weighted by Crippen LogP contribution is 1.91. The minimum atomic E-state index is 0.581. The highest BCUT2D eigenvalue weighted by molar-refractivity contribution is 4.94. The molecule has 82 valence electrons. The molecule has 1 heterocycles. The molecule has 0 bridgehead atoms. The largest absolute Gasteiger partial charge is 0.378 e. The van der Waals surface area contributed by atoms with E-state index < -0.39 is 0 Å². The van der Waals surface area contributed by atoms with E-state index in [4.69, 9.17) is 10.5 Å². The van der Waals surface area contributed by atoms with Crippen molar-refractivity contribution in [3.05, 3.63) is 18.0 Å². The maximum absolute atomic E-state index is 5.26. The van der Waals surface area contributed by atoms with E-state index in [0.29, 0.717) is 19.8 Å². The van der Waals surface area contributed by atoms with Crippen LogP contribution in [0.1, 0.15) is 19.5 Å². The number of rotatable bonds is 5. The van der Waals surface area contributed by atoms with Crippen molar-refractivity contribution in [2.24, 2.45) is 5.73 Å². The van der Waals surface area contributed by atoms with Crippen LogP contribution in [0.2, 0.25) is 0 Å². The first-order chi connectivity index (χ1) is 6.83. The Hall–Kier alpha value is -0.870. The van der Waals surface area contributed by atoms with Gasteiger partial charge >= 0.3 is 0 Å². The Bertz CT molecular complexity index is 223. The van der Waals surface area contributed by atoms with Crippen LogP contribution in [0.25, 0.3) is 0 Å². The van der Waals surface area contributed by atoms with Gasteiger partial charge in [0.05, 0.1) is 25.5 Å². The van der Waals surface area contributed by atoms with Crippen LogP contribution >= 0.6 is 0 Å². The molecule has 0 aliphatic heterocycles. The molecule has 14 heavy (non-hydrogen) atoms. The highest BCUT2D eigenvalue weighted by Gasteiger charge is 1.92. The van der Waals surface area contributed by atoms with Gasteiger partial charge in [-0.2, -0.15) is 5.10 Å². The van der Waals surface area contributed by atoms with Gasteiger partial charge in [-0.25, -0.2) is 0 Å². The Morgan fingerprint density at radius 2 is 2.14 bits per heavy atom. The van der Waals surface area contributed by atoms with Crippen LogP contribution < -0.4 is 5.73 Å². The zero-order valence-electron chi connectivity index (χ0n) is 9.36. The van der Waals surface area contributed by atoms with E-state index in [1.54, 1.807) is 0 Å². The van der Waals surface area contributed by atoms with E-state index in [-0.39, 0.29) is 0 Å². The number of nitrogens with zero attached hydrogens (tertiary/aromatic N) is 2. The lowest BCUT2D eigenvalue weighted by molar-refractivity contribution is 0.130. The molecule has 4 heteroatoms. The number of aromatic nitrogens is 2. The van der Waals surface area contributed by atoms with Crippen molar-refractivity contribution in [2.75, 3.05) is 19.8 Å². The summed E-state index contributed by atoms with van der Waals surface area (Å²) in [7, 11) is 0. The monoisotopic (exact) mass is 199 g/mol. The Labute approximate surface area is 86.1 Å². The van der Waals surface area contributed by atoms with Crippen molar-refractivity contribution in [3.8, 4) is 0 Å². The third-order valence-corrected chi connectivity index (χ3v) is 1.50. The Balaban J connectivity index is 0.000000791. The van der Waals surface area contributed by atoms with Crippen LogP contribution in [0.15, 0.2) is 12.3 Å². The first-order valence-electron chi connectivity index (χ1n) is 5.11. The second kappa shape index (κ2) is 8.72. The molecule has 0 amide bonds. The summed E-state index contributed by atoms with van der Waals surface area (Å²) in [6.45, 7) is 8.65. The molecule has 4 nitrogen and oxygen atoms in total. The van der Waals surface area contributed by atoms with Crippen molar-refractivity contribution < 1.29 is 4.74 Å². The summed E-state index contributed by atoms with van der Waals surface area (Å²) in [4.78, 5) is 0. The fourth-order valence-electron chi connectivity index (χ4n) is 0.931. The summed E-state index contributed by atoms with van der Waals surface area (Å²) in [5.41, 5.74) is 6.30. The predicted molar refractivity (Wildman–Crippen MR) is 58.2 cm³/mol. The van der Waals surface area contributed by atoms with Gasteiger partial charge in [-0.3, -0.25) is 4.68 Å². The summed E-state index contributed by atoms with van der Waals surface area (Å²) in [5, 5.41) is 4.21. The van der Waals surface area contributed by atoms with E-state index in [2.05, 4.69) is 5.10 Å². The number of nitrogens with two attached hydrogens (primary N) is 1. The van der Waals surface area contributed by atoms with Crippen molar-refractivity contribution in [3.63, 3.8) is 0 Å². The first-order valence-corrected chi connectivity index (χ1v) is 5.11. The standard InChI is InChI=1S/C8H15N3O.C2H6/c1-8-2-4-11(10-8)5-7-12-6-3-9;1-2/h2,4H,3,5-7,9H2,1H3;1-2H3. The molecule has 0 saturated heterocycles. The number of hydrogen-bond donors (Lipinski definition) is 1. The minimum absolute atomic E-state index is 0.581. The van der Waals surface area contributed by atoms with Crippen LogP contribution in [0.4, 0.5) is 0 Å². The van der Waals surface area contributed by atoms with Gasteiger partial charge in [-0.1, -0.05) is 13.8 Å². The van der Waals surface area contributed by atoms with Gasteiger partial charge < -0.3 is 10.5 Å². The second-order valence-corrected chi connectivity index (χ2v) is 2.62. The third-order valence-electron chi connectivity index (χ3n) is 1.50. The second-order valence-electron chi connectivity index (χ2n) is 2.62. The first kappa shape index (κ1) is 13.1. The van der Waals surface area contributed by atoms with Gasteiger partial charge in [0.2, 0.25) is 0 Å². The molecule has 0 aliphatic rings. The van der Waals surface area contributed by atoms with E-state index >= 15 is 0 Å². The van der Waals surface area contributed by atoms with Crippen LogP contribution in [-0.2, 0) is 11.3 Å². The fourth-order valence-corrected chi connectivity index (χ4v) is 0.931. The van der Waals surface area contributed by atoms with Crippen LogP contribution in [0.3, 0.4) is 0 Å². The number of ether oxygens (including phenoxy) is 1. The van der Waals surface area contributed by atoms with Gasteiger partial charge in [-0.15, -0.1) is 0 Å². The molecule has 0 fully saturated rings. The Kier molecular flexibility index (Phi) is 8.17. The summed E-state index contributed by atoms with van der Waals surface area (Å²) >= 11 is 0. The lowest BCUT2D eigenvalue weighted by atomic mass is 10.5. The SMILES string of the molecule is CC.Cc1ccn(CCOCCN)n1. The molecule has 2 N–H and O–H groups in total. The molecule has 0 radical (unpaired) electrons. The lowest BCUT2D eigenvalue weighted by Gasteiger charge is -2.01. The minimum Gasteiger partial charge on any atom is -0.378 e. The molecule has 0 unspecified atom stereocenters. The van der Waals surface area contributed by atoms with Gasteiger partial charge in [0.1, 0.15) is 0 Å². The molecule has 1 aromatic heterocycles. The molecule has 0 spiro atoms. The zero-order valence-corrected chi connectivity index (χ0v) is 9.36. The van der Waals surface area contributed by atoms with Gasteiger partial charge in [0.15, 0.2) is 0 Å². The third kappa shape index (κ3) is 5.72. The average Bonchev–Trinajstić information content (AvgIpc) is 2.62. The molecule has 0 aliphatic carbocycles. The van der Waals surface area contributed by atoms with Crippen molar-refractivity contribution in [2.45, 2.75) is 27.3 Å². The van der Waals surface area contributed by atoms with Crippen LogP contribution in [-0.4, -0.2) is 29.5 Å². The highest BCUT2D eigenvalue weighted by atomic mass is 16.5. The van der Waals surface area contributed by atoms with Gasteiger partial charge in [0.25, 0.3) is 0 Å². The number of aryl methyl sites for hydroxylation is 1. The molecule has 0 atom stereocenters. The maximum atomic E-state index is 5.26. The van der Waals surface area contributed by atoms with E-state index in [1.165, 1.54) is 0 Å². The number of hydrogen-bond acceptors (Lipinski definition) is 3. The van der Waals surface area contributed by atoms with Gasteiger partial charge in [-0.05, 0) is 13.0 Å². The summed E-state index contributed by atoms with van der Waals surface area (Å²) in [5.74, 6) is 0. The van der Waals surface area contributed by atoms with E-state index in [0.717, 1.165) is 12.2 Å². The summed E-state index contributed by atoms with van der Waals surface area (Å²) in [6.07, 6.45) is 1.95.